The van der Waals surface area contributed by atoms with Crippen LogP contribution in [-0.2, 0) is 0 Å². The molecule has 1 heterocycles. The second-order valence-electron chi connectivity index (χ2n) is 3.69. The lowest BCUT2D eigenvalue weighted by Gasteiger charge is -2.17. The molecule has 0 atom stereocenters. The molecule has 2 aromatic rings. The van der Waals surface area contributed by atoms with E-state index in [4.69, 9.17) is 0 Å². The van der Waals surface area contributed by atoms with E-state index in [-0.39, 0.29) is 11.7 Å². The number of hydrogen-bond acceptors (Lipinski definition) is 2. The molecule has 3 nitrogen and oxygen atoms in total. The summed E-state index contributed by atoms with van der Waals surface area (Å²) in [4.78, 5) is 17.7. The van der Waals surface area contributed by atoms with Gasteiger partial charge < -0.3 is 4.90 Å². The molecule has 2 rings (SSSR count). The van der Waals surface area contributed by atoms with Crippen molar-refractivity contribution in [3.05, 3.63) is 57.7 Å². The van der Waals surface area contributed by atoms with E-state index in [1.165, 1.54) is 23.1 Å². The number of halogens is 2. The number of rotatable bonds is 2. The highest BCUT2D eigenvalue weighted by molar-refractivity contribution is 14.1. The number of benzene rings is 1. The van der Waals surface area contributed by atoms with E-state index in [1.54, 1.807) is 31.6 Å². The molecular formula is C13H10FIN2O. The number of pyridine rings is 1. The van der Waals surface area contributed by atoms with Gasteiger partial charge in [0.25, 0.3) is 5.91 Å². The molecule has 0 aliphatic heterocycles. The van der Waals surface area contributed by atoms with Gasteiger partial charge in [0, 0.05) is 28.7 Å². The van der Waals surface area contributed by atoms with Crippen molar-refractivity contribution in [2.75, 3.05) is 11.9 Å². The zero-order chi connectivity index (χ0) is 13.1. The summed E-state index contributed by atoms with van der Waals surface area (Å²) in [6.07, 6.45) is 3.24. The third kappa shape index (κ3) is 2.66. The molecule has 0 N–H and O–H groups in total. The van der Waals surface area contributed by atoms with Crippen LogP contribution in [0.15, 0.2) is 42.7 Å². The Morgan fingerprint density at radius 2 is 1.94 bits per heavy atom. The Kier molecular flexibility index (Phi) is 3.90. The molecule has 18 heavy (non-hydrogen) atoms. The van der Waals surface area contributed by atoms with Crippen LogP contribution < -0.4 is 4.90 Å². The molecular weight excluding hydrogens is 346 g/mol. The first-order valence-electron chi connectivity index (χ1n) is 5.22. The van der Waals surface area contributed by atoms with Crippen LogP contribution in [0.3, 0.4) is 0 Å². The second kappa shape index (κ2) is 5.43. The van der Waals surface area contributed by atoms with Crippen LogP contribution in [0.5, 0.6) is 0 Å². The van der Waals surface area contributed by atoms with Crippen LogP contribution >= 0.6 is 22.6 Å². The normalized spacial score (nSPS) is 10.2. The average Bonchev–Trinajstić information content (AvgIpc) is 2.38. The summed E-state index contributed by atoms with van der Waals surface area (Å²) >= 11 is 1.95. The highest BCUT2D eigenvalue weighted by atomic mass is 127. The van der Waals surface area contributed by atoms with Crippen molar-refractivity contribution in [2.45, 2.75) is 0 Å². The third-order valence-corrected chi connectivity index (χ3v) is 3.41. The van der Waals surface area contributed by atoms with Crippen LogP contribution in [0.4, 0.5) is 10.1 Å². The second-order valence-corrected chi connectivity index (χ2v) is 4.86. The van der Waals surface area contributed by atoms with Gasteiger partial charge in [-0.25, -0.2) is 4.39 Å². The first-order valence-corrected chi connectivity index (χ1v) is 6.30. The molecule has 0 unspecified atom stereocenters. The minimum atomic E-state index is -0.345. The fourth-order valence-corrected chi connectivity index (χ4v) is 2.24. The number of aromatic nitrogens is 1. The summed E-state index contributed by atoms with van der Waals surface area (Å²) in [7, 11) is 1.68. The van der Waals surface area contributed by atoms with Gasteiger partial charge in [0.1, 0.15) is 5.82 Å². The third-order valence-electron chi connectivity index (χ3n) is 2.52. The summed E-state index contributed by atoms with van der Waals surface area (Å²) in [5, 5.41) is 0. The van der Waals surface area contributed by atoms with E-state index in [9.17, 15) is 9.18 Å². The van der Waals surface area contributed by atoms with Gasteiger partial charge in [0.2, 0.25) is 0 Å². The lowest BCUT2D eigenvalue weighted by molar-refractivity contribution is 0.0992. The van der Waals surface area contributed by atoms with Gasteiger partial charge in [-0.3, -0.25) is 9.78 Å². The van der Waals surface area contributed by atoms with Gasteiger partial charge in [-0.15, -0.1) is 0 Å². The Hall–Kier alpha value is -1.50. The van der Waals surface area contributed by atoms with E-state index < -0.39 is 0 Å². The lowest BCUT2D eigenvalue weighted by Crippen LogP contribution is -2.27. The monoisotopic (exact) mass is 356 g/mol. The maximum atomic E-state index is 13.0. The molecule has 0 bridgehead atoms. The Bertz CT molecular complexity index is 574. The maximum Gasteiger partial charge on any atom is 0.259 e. The van der Waals surface area contributed by atoms with E-state index in [0.717, 1.165) is 5.69 Å². The van der Waals surface area contributed by atoms with Gasteiger partial charge in [-0.2, -0.15) is 0 Å². The van der Waals surface area contributed by atoms with Gasteiger partial charge >= 0.3 is 0 Å². The molecule has 0 saturated carbocycles. The molecule has 92 valence electrons. The van der Waals surface area contributed by atoms with Crippen LogP contribution in [0, 0.1) is 9.39 Å². The van der Waals surface area contributed by atoms with E-state index in [2.05, 4.69) is 4.98 Å². The summed E-state index contributed by atoms with van der Waals surface area (Å²) in [6, 6.07) is 7.61. The van der Waals surface area contributed by atoms with Crippen LogP contribution in [-0.4, -0.2) is 17.9 Å². The van der Waals surface area contributed by atoms with Crippen molar-refractivity contribution >= 4 is 34.2 Å². The van der Waals surface area contributed by atoms with Crippen molar-refractivity contribution in [1.29, 1.82) is 0 Å². The molecule has 0 aliphatic carbocycles. The van der Waals surface area contributed by atoms with Crippen molar-refractivity contribution in [3.8, 4) is 0 Å². The fraction of sp³-hybridized carbons (Fsp3) is 0.0769. The SMILES string of the molecule is CN(C(=O)c1ccc(F)cc1I)c1ccncc1. The average molecular weight is 356 g/mol. The minimum absolute atomic E-state index is 0.175. The van der Waals surface area contributed by atoms with Crippen LogP contribution in [0.1, 0.15) is 10.4 Å². The van der Waals surface area contributed by atoms with Gasteiger partial charge in [-0.1, -0.05) is 0 Å². The van der Waals surface area contributed by atoms with E-state index in [0.29, 0.717) is 9.13 Å². The molecule has 1 aromatic heterocycles. The van der Waals surface area contributed by atoms with Gasteiger partial charge in [0.15, 0.2) is 0 Å². The molecule has 0 radical (unpaired) electrons. The van der Waals surface area contributed by atoms with Crippen molar-refractivity contribution in [1.82, 2.24) is 4.98 Å². The molecule has 5 heteroatoms. The topological polar surface area (TPSA) is 33.2 Å². The van der Waals surface area contributed by atoms with E-state index >= 15 is 0 Å². The first-order chi connectivity index (χ1) is 8.59. The summed E-state index contributed by atoms with van der Waals surface area (Å²) in [5.74, 6) is -0.520. The van der Waals surface area contributed by atoms with Crippen molar-refractivity contribution in [3.63, 3.8) is 0 Å². The molecule has 0 fully saturated rings. The first kappa shape index (κ1) is 12.9. The highest BCUT2D eigenvalue weighted by Crippen LogP contribution is 2.19. The predicted octanol–water partition coefficient (Wildman–Crippen LogP) is 3.10. The van der Waals surface area contributed by atoms with Gasteiger partial charge in [0.05, 0.1) is 5.56 Å². The molecule has 1 amide bonds. The standard InChI is InChI=1S/C13H10FIN2O/c1-17(10-4-6-16-7-5-10)13(18)11-3-2-9(14)8-12(11)15/h2-8H,1H3. The summed E-state index contributed by atoms with van der Waals surface area (Å²) in [5.41, 5.74) is 1.23. The van der Waals surface area contributed by atoms with Crippen LogP contribution in [0.25, 0.3) is 0 Å². The maximum absolute atomic E-state index is 13.0. The Labute approximate surface area is 118 Å². The number of anilines is 1. The van der Waals surface area contributed by atoms with Crippen molar-refractivity contribution in [2.24, 2.45) is 0 Å². The number of nitrogens with zero attached hydrogens (tertiary/aromatic N) is 2. The van der Waals surface area contributed by atoms with Gasteiger partial charge in [-0.05, 0) is 52.9 Å². The smallest absolute Gasteiger partial charge is 0.259 e. The summed E-state index contributed by atoms with van der Waals surface area (Å²) < 4.78 is 13.6. The molecule has 0 spiro atoms. The van der Waals surface area contributed by atoms with E-state index in [1.807, 2.05) is 22.6 Å². The number of hydrogen-bond donors (Lipinski definition) is 0. The van der Waals surface area contributed by atoms with Crippen molar-refractivity contribution < 1.29 is 9.18 Å². The Balaban J connectivity index is 2.32. The Morgan fingerprint density at radius 3 is 2.56 bits per heavy atom. The quantitative estimate of drug-likeness (QED) is 0.775. The lowest BCUT2D eigenvalue weighted by atomic mass is 10.2. The molecule has 0 saturated heterocycles. The largest absolute Gasteiger partial charge is 0.311 e. The zero-order valence-electron chi connectivity index (χ0n) is 9.60. The molecule has 1 aromatic carbocycles. The Morgan fingerprint density at radius 1 is 1.28 bits per heavy atom. The minimum Gasteiger partial charge on any atom is -0.311 e. The van der Waals surface area contributed by atoms with Crippen LogP contribution in [0.2, 0.25) is 0 Å². The summed E-state index contributed by atoms with van der Waals surface area (Å²) in [6.45, 7) is 0. The number of carbonyl (C=O) groups is 1. The highest BCUT2D eigenvalue weighted by Gasteiger charge is 2.16. The molecule has 0 aliphatic rings. The number of carbonyl (C=O) groups excluding carboxylic acids is 1. The predicted molar refractivity (Wildman–Crippen MR) is 76.1 cm³/mol. The zero-order valence-corrected chi connectivity index (χ0v) is 11.8. The fourth-order valence-electron chi connectivity index (χ4n) is 1.53. The number of amides is 1.